The second-order valence-corrected chi connectivity index (χ2v) is 7.19. The number of nitrogen functional groups attached to an aromatic ring is 1. The van der Waals surface area contributed by atoms with Crippen molar-refractivity contribution in [2.24, 2.45) is 0 Å². The molecule has 0 saturated carbocycles. The first-order valence-electron chi connectivity index (χ1n) is 9.76. The van der Waals surface area contributed by atoms with Gasteiger partial charge in [-0.25, -0.2) is 4.98 Å². The van der Waals surface area contributed by atoms with Gasteiger partial charge in [0, 0.05) is 22.4 Å². The van der Waals surface area contributed by atoms with Gasteiger partial charge in [0.1, 0.15) is 11.6 Å². The van der Waals surface area contributed by atoms with Crippen LogP contribution in [0.3, 0.4) is 0 Å². The third kappa shape index (κ3) is 2.55. The summed E-state index contributed by atoms with van der Waals surface area (Å²) in [6, 6.07) is 25.2. The molecule has 3 nitrogen and oxygen atoms in total. The zero-order chi connectivity index (χ0) is 19.1. The van der Waals surface area contributed by atoms with Gasteiger partial charge in [-0.3, -0.25) is 0 Å². The smallest absolute Gasteiger partial charge is 0.131 e. The van der Waals surface area contributed by atoms with Crippen molar-refractivity contribution in [2.75, 3.05) is 12.3 Å². The Hall–Kier alpha value is -3.33. The summed E-state index contributed by atoms with van der Waals surface area (Å²) in [6.07, 6.45) is 0.919. The molecular formula is C25H22N2O. The van der Waals surface area contributed by atoms with Crippen LogP contribution in [0, 0.1) is 0 Å². The van der Waals surface area contributed by atoms with E-state index in [1.807, 2.05) is 19.1 Å². The number of para-hydroxylation sites is 1. The molecule has 28 heavy (non-hydrogen) atoms. The van der Waals surface area contributed by atoms with Crippen LogP contribution in [-0.2, 0) is 6.42 Å². The minimum atomic E-state index is 0.172. The van der Waals surface area contributed by atoms with Gasteiger partial charge in [0.25, 0.3) is 0 Å². The van der Waals surface area contributed by atoms with Gasteiger partial charge in [-0.2, -0.15) is 0 Å². The average Bonchev–Trinajstić information content (AvgIpc) is 2.74. The molecule has 138 valence electrons. The Bertz CT molecular complexity index is 1180. The van der Waals surface area contributed by atoms with E-state index in [2.05, 4.69) is 60.7 Å². The maximum absolute atomic E-state index is 6.36. The number of anilines is 1. The normalized spacial score (nSPS) is 15.1. The van der Waals surface area contributed by atoms with E-state index in [0.717, 1.165) is 23.3 Å². The fourth-order valence-electron chi connectivity index (χ4n) is 4.44. The van der Waals surface area contributed by atoms with E-state index >= 15 is 0 Å². The van der Waals surface area contributed by atoms with Crippen LogP contribution in [0.15, 0.2) is 72.8 Å². The molecule has 0 aliphatic heterocycles. The fourth-order valence-corrected chi connectivity index (χ4v) is 4.44. The molecule has 0 amide bonds. The molecule has 0 bridgehead atoms. The number of ether oxygens (including phenoxy) is 1. The number of rotatable bonds is 3. The fraction of sp³-hybridized carbons (Fsp3) is 0.160. The Morgan fingerprint density at radius 3 is 2.50 bits per heavy atom. The quantitative estimate of drug-likeness (QED) is 0.515. The van der Waals surface area contributed by atoms with Crippen molar-refractivity contribution < 1.29 is 4.74 Å². The summed E-state index contributed by atoms with van der Waals surface area (Å²) in [5, 5.41) is 2.19. The number of hydrogen-bond acceptors (Lipinski definition) is 3. The monoisotopic (exact) mass is 366 g/mol. The highest BCUT2D eigenvalue weighted by atomic mass is 16.5. The highest BCUT2D eigenvalue weighted by molar-refractivity contribution is 5.98. The molecule has 1 unspecified atom stereocenters. The number of hydrogen-bond donors (Lipinski definition) is 1. The first-order chi connectivity index (χ1) is 13.8. The van der Waals surface area contributed by atoms with Crippen molar-refractivity contribution in [3.63, 3.8) is 0 Å². The number of pyridine rings is 1. The summed E-state index contributed by atoms with van der Waals surface area (Å²) in [6.45, 7) is 2.67. The zero-order valence-corrected chi connectivity index (χ0v) is 15.9. The molecule has 0 spiro atoms. The second kappa shape index (κ2) is 6.68. The number of aromatic nitrogens is 1. The van der Waals surface area contributed by atoms with Crippen molar-refractivity contribution in [2.45, 2.75) is 19.3 Å². The van der Waals surface area contributed by atoms with Gasteiger partial charge in [0.15, 0.2) is 0 Å². The van der Waals surface area contributed by atoms with Crippen molar-refractivity contribution in [3.05, 3.63) is 89.5 Å². The van der Waals surface area contributed by atoms with E-state index in [0.29, 0.717) is 12.4 Å². The first kappa shape index (κ1) is 16.8. The lowest BCUT2D eigenvalue weighted by Gasteiger charge is -2.30. The average molecular weight is 366 g/mol. The predicted octanol–water partition coefficient (Wildman–Crippen LogP) is 5.57. The maximum Gasteiger partial charge on any atom is 0.131 e. The standard InChI is InChI=1S/C25H22N2O/c1-2-28-22-14-8-7-11-18(22)21-15-16-9-3-4-10-17(16)24-23(21)19-12-5-6-13-20(19)25(26)27-24/h3-14,21H,2,15H2,1H3,(H2,26,27). The molecule has 5 rings (SSSR count). The number of nitrogens with two attached hydrogens (primary N) is 1. The van der Waals surface area contributed by atoms with Crippen LogP contribution in [0.5, 0.6) is 5.75 Å². The van der Waals surface area contributed by atoms with Crippen molar-refractivity contribution >= 4 is 16.6 Å². The van der Waals surface area contributed by atoms with E-state index in [-0.39, 0.29) is 5.92 Å². The Balaban J connectivity index is 1.85. The van der Waals surface area contributed by atoms with Gasteiger partial charge in [-0.15, -0.1) is 0 Å². The Labute approximate surface area is 164 Å². The molecule has 1 atom stereocenters. The summed E-state index contributed by atoms with van der Waals surface area (Å²) < 4.78 is 5.98. The van der Waals surface area contributed by atoms with Crippen LogP contribution in [-0.4, -0.2) is 11.6 Å². The minimum absolute atomic E-state index is 0.172. The van der Waals surface area contributed by atoms with Crippen LogP contribution in [0.4, 0.5) is 5.82 Å². The van der Waals surface area contributed by atoms with Gasteiger partial charge in [-0.05, 0) is 35.9 Å². The molecule has 0 saturated heterocycles. The molecule has 3 aromatic carbocycles. The molecule has 1 heterocycles. The van der Waals surface area contributed by atoms with Crippen LogP contribution in [0.25, 0.3) is 22.0 Å². The third-order valence-electron chi connectivity index (χ3n) is 5.62. The SMILES string of the molecule is CCOc1ccccc1C1Cc2ccccc2-c2nc(N)c3ccccc3c21. The first-order valence-corrected chi connectivity index (χ1v) is 9.76. The Morgan fingerprint density at radius 2 is 1.64 bits per heavy atom. The molecule has 1 aliphatic rings. The topological polar surface area (TPSA) is 48.1 Å². The van der Waals surface area contributed by atoms with E-state index in [4.69, 9.17) is 15.5 Å². The summed E-state index contributed by atoms with van der Waals surface area (Å²) in [7, 11) is 0. The van der Waals surface area contributed by atoms with Crippen LogP contribution in [0.2, 0.25) is 0 Å². The van der Waals surface area contributed by atoms with Gasteiger partial charge in [0.2, 0.25) is 0 Å². The van der Waals surface area contributed by atoms with Gasteiger partial charge >= 0.3 is 0 Å². The van der Waals surface area contributed by atoms with Crippen LogP contribution in [0.1, 0.15) is 29.5 Å². The van der Waals surface area contributed by atoms with E-state index < -0.39 is 0 Å². The maximum atomic E-state index is 6.36. The predicted molar refractivity (Wildman–Crippen MR) is 115 cm³/mol. The second-order valence-electron chi connectivity index (χ2n) is 7.19. The lowest BCUT2D eigenvalue weighted by Crippen LogP contribution is -2.16. The Kier molecular flexibility index (Phi) is 4.01. The van der Waals surface area contributed by atoms with Crippen molar-refractivity contribution in [3.8, 4) is 17.0 Å². The molecule has 1 aliphatic carbocycles. The minimum Gasteiger partial charge on any atom is -0.494 e. The summed E-state index contributed by atoms with van der Waals surface area (Å²) in [5.74, 6) is 1.70. The van der Waals surface area contributed by atoms with E-state index in [1.54, 1.807) is 0 Å². The molecule has 0 fully saturated rings. The van der Waals surface area contributed by atoms with Gasteiger partial charge in [-0.1, -0.05) is 66.7 Å². The van der Waals surface area contributed by atoms with E-state index in [1.165, 1.54) is 27.6 Å². The van der Waals surface area contributed by atoms with Crippen LogP contribution >= 0.6 is 0 Å². The summed E-state index contributed by atoms with van der Waals surface area (Å²) in [5.41, 5.74) is 12.3. The van der Waals surface area contributed by atoms with Crippen LogP contribution < -0.4 is 10.5 Å². The lowest BCUT2D eigenvalue weighted by molar-refractivity contribution is 0.335. The highest BCUT2D eigenvalue weighted by Gasteiger charge is 2.31. The van der Waals surface area contributed by atoms with Crippen molar-refractivity contribution in [1.29, 1.82) is 0 Å². The number of nitrogens with zero attached hydrogens (tertiary/aromatic N) is 1. The molecule has 4 aromatic rings. The van der Waals surface area contributed by atoms with Gasteiger partial charge in [0.05, 0.1) is 12.3 Å². The van der Waals surface area contributed by atoms with Gasteiger partial charge < -0.3 is 10.5 Å². The van der Waals surface area contributed by atoms with Crippen molar-refractivity contribution in [1.82, 2.24) is 4.98 Å². The summed E-state index contributed by atoms with van der Waals surface area (Å²) >= 11 is 0. The third-order valence-corrected chi connectivity index (χ3v) is 5.62. The highest BCUT2D eigenvalue weighted by Crippen LogP contribution is 2.47. The molecular weight excluding hydrogens is 344 g/mol. The molecule has 1 aromatic heterocycles. The summed E-state index contributed by atoms with van der Waals surface area (Å²) in [4.78, 5) is 4.87. The molecule has 0 radical (unpaired) electrons. The number of fused-ring (bicyclic) bond motifs is 5. The Morgan fingerprint density at radius 1 is 0.929 bits per heavy atom. The number of benzene rings is 3. The lowest BCUT2D eigenvalue weighted by atomic mass is 9.75. The molecule has 3 heteroatoms. The van der Waals surface area contributed by atoms with E-state index in [9.17, 15) is 0 Å². The largest absolute Gasteiger partial charge is 0.494 e. The molecule has 2 N–H and O–H groups in total. The zero-order valence-electron chi connectivity index (χ0n) is 15.9.